The Kier molecular flexibility index (Phi) is 3.98. The van der Waals surface area contributed by atoms with E-state index in [2.05, 4.69) is 46.9 Å². The molecular formula is C17H19BrN2O. The van der Waals surface area contributed by atoms with Gasteiger partial charge in [0.1, 0.15) is 5.82 Å². The molecule has 2 aromatic rings. The van der Waals surface area contributed by atoms with Gasteiger partial charge in [0.05, 0.1) is 5.69 Å². The highest BCUT2D eigenvalue weighted by Crippen LogP contribution is 2.27. The van der Waals surface area contributed by atoms with Crippen molar-refractivity contribution in [1.82, 2.24) is 9.97 Å². The number of nitrogens with one attached hydrogen (secondary N) is 1. The molecule has 1 heterocycles. The molecule has 0 atom stereocenters. The van der Waals surface area contributed by atoms with E-state index in [0.29, 0.717) is 5.82 Å². The zero-order chi connectivity index (χ0) is 15.0. The van der Waals surface area contributed by atoms with Crippen molar-refractivity contribution in [2.75, 3.05) is 0 Å². The van der Waals surface area contributed by atoms with Crippen LogP contribution in [0.5, 0.6) is 0 Å². The molecule has 0 radical (unpaired) electrons. The number of H-pyrrole nitrogens is 1. The van der Waals surface area contributed by atoms with Crippen molar-refractivity contribution < 1.29 is 0 Å². The summed E-state index contributed by atoms with van der Waals surface area (Å²) in [5.41, 5.74) is 5.21. The van der Waals surface area contributed by atoms with Crippen LogP contribution in [-0.4, -0.2) is 9.97 Å². The molecule has 0 spiro atoms. The Morgan fingerprint density at radius 3 is 2.48 bits per heavy atom. The van der Waals surface area contributed by atoms with Crippen LogP contribution in [0.1, 0.15) is 41.6 Å². The largest absolute Gasteiger partial charge is 0.306 e. The minimum Gasteiger partial charge on any atom is -0.306 e. The van der Waals surface area contributed by atoms with Crippen LogP contribution in [0.25, 0.3) is 11.4 Å². The number of hydrogen-bond acceptors (Lipinski definition) is 2. The van der Waals surface area contributed by atoms with E-state index in [1.165, 1.54) is 6.42 Å². The summed E-state index contributed by atoms with van der Waals surface area (Å²) in [4.78, 5) is 20.1. The Morgan fingerprint density at radius 1 is 1.10 bits per heavy atom. The summed E-state index contributed by atoms with van der Waals surface area (Å²) in [6.07, 6.45) is 5.17. The standard InChI is InChI=1S/C17H19BrN2O/c1-10-8-12(9-11(2)15(10)18)16-19-14-7-5-3-4-6-13(14)17(21)20-16/h8-9H,3-7H2,1-2H3,(H,19,20,21). The van der Waals surface area contributed by atoms with Crippen molar-refractivity contribution in [2.24, 2.45) is 0 Å². The van der Waals surface area contributed by atoms with E-state index in [1.807, 2.05) is 0 Å². The SMILES string of the molecule is Cc1cc(-c2nc3c(c(=O)[nH]2)CCCCC3)cc(C)c1Br. The van der Waals surface area contributed by atoms with Gasteiger partial charge < -0.3 is 4.98 Å². The van der Waals surface area contributed by atoms with Crippen LogP contribution in [-0.2, 0) is 12.8 Å². The average molecular weight is 347 g/mol. The molecule has 0 saturated carbocycles. The van der Waals surface area contributed by atoms with Gasteiger partial charge in [0.15, 0.2) is 0 Å². The normalized spacial score (nSPS) is 14.6. The molecule has 0 saturated heterocycles. The van der Waals surface area contributed by atoms with Gasteiger partial charge in [-0.3, -0.25) is 4.79 Å². The number of aryl methyl sites for hydroxylation is 3. The van der Waals surface area contributed by atoms with Gasteiger partial charge >= 0.3 is 0 Å². The maximum Gasteiger partial charge on any atom is 0.254 e. The lowest BCUT2D eigenvalue weighted by atomic mass is 10.1. The third-order valence-corrected chi connectivity index (χ3v) is 5.40. The fourth-order valence-electron chi connectivity index (χ4n) is 3.00. The first kappa shape index (κ1) is 14.5. The lowest BCUT2D eigenvalue weighted by Gasteiger charge is -2.10. The Hall–Kier alpha value is -1.42. The number of benzene rings is 1. The molecule has 3 nitrogen and oxygen atoms in total. The summed E-state index contributed by atoms with van der Waals surface area (Å²) >= 11 is 3.58. The molecule has 0 fully saturated rings. The van der Waals surface area contributed by atoms with Crippen molar-refractivity contribution in [1.29, 1.82) is 0 Å². The zero-order valence-corrected chi connectivity index (χ0v) is 14.0. The van der Waals surface area contributed by atoms with Gasteiger partial charge in [-0.1, -0.05) is 22.4 Å². The average Bonchev–Trinajstić information content (AvgIpc) is 2.69. The number of aromatic amines is 1. The van der Waals surface area contributed by atoms with Gasteiger partial charge in [0, 0.05) is 15.6 Å². The maximum absolute atomic E-state index is 12.3. The second kappa shape index (κ2) is 5.76. The summed E-state index contributed by atoms with van der Waals surface area (Å²) < 4.78 is 1.11. The van der Waals surface area contributed by atoms with E-state index in [4.69, 9.17) is 4.98 Å². The number of halogens is 1. The molecule has 1 aromatic carbocycles. The predicted molar refractivity (Wildman–Crippen MR) is 88.7 cm³/mol. The van der Waals surface area contributed by atoms with Crippen LogP contribution < -0.4 is 5.56 Å². The second-order valence-electron chi connectivity index (χ2n) is 5.82. The number of fused-ring (bicyclic) bond motifs is 1. The van der Waals surface area contributed by atoms with Crippen molar-refractivity contribution in [2.45, 2.75) is 46.0 Å². The highest BCUT2D eigenvalue weighted by molar-refractivity contribution is 9.10. The first-order valence-corrected chi connectivity index (χ1v) is 8.25. The van der Waals surface area contributed by atoms with Gasteiger partial charge in [-0.25, -0.2) is 4.98 Å². The molecule has 1 aromatic heterocycles. The van der Waals surface area contributed by atoms with Gasteiger partial charge in [0.2, 0.25) is 0 Å². The Morgan fingerprint density at radius 2 is 1.76 bits per heavy atom. The Labute approximate surface area is 133 Å². The molecule has 0 amide bonds. The monoisotopic (exact) mass is 346 g/mol. The summed E-state index contributed by atoms with van der Waals surface area (Å²) in [6.45, 7) is 4.12. The number of hydrogen-bond donors (Lipinski definition) is 1. The van der Waals surface area contributed by atoms with Gasteiger partial charge in [-0.05, 0) is 62.8 Å². The zero-order valence-electron chi connectivity index (χ0n) is 12.4. The van der Waals surface area contributed by atoms with E-state index in [0.717, 1.165) is 58.1 Å². The summed E-state index contributed by atoms with van der Waals surface area (Å²) in [6, 6.07) is 4.14. The van der Waals surface area contributed by atoms with Gasteiger partial charge in [0.25, 0.3) is 5.56 Å². The van der Waals surface area contributed by atoms with Crippen molar-refractivity contribution >= 4 is 15.9 Å². The highest BCUT2D eigenvalue weighted by atomic mass is 79.9. The van der Waals surface area contributed by atoms with Gasteiger partial charge in [-0.15, -0.1) is 0 Å². The predicted octanol–water partition coefficient (Wildman–Crippen LogP) is 4.09. The first-order chi connectivity index (χ1) is 10.1. The fourth-order valence-corrected chi connectivity index (χ4v) is 3.23. The minimum atomic E-state index is 0.0372. The molecule has 1 aliphatic carbocycles. The molecule has 110 valence electrons. The van der Waals surface area contributed by atoms with Crippen molar-refractivity contribution in [3.63, 3.8) is 0 Å². The molecule has 0 unspecified atom stereocenters. The number of aromatic nitrogens is 2. The Bertz CT molecular complexity index is 726. The fraction of sp³-hybridized carbons (Fsp3) is 0.412. The van der Waals surface area contributed by atoms with E-state index in [-0.39, 0.29) is 5.56 Å². The highest BCUT2D eigenvalue weighted by Gasteiger charge is 2.15. The van der Waals surface area contributed by atoms with E-state index in [1.54, 1.807) is 0 Å². The molecule has 1 aliphatic rings. The van der Waals surface area contributed by atoms with E-state index >= 15 is 0 Å². The van der Waals surface area contributed by atoms with Crippen LogP contribution in [0, 0.1) is 13.8 Å². The van der Waals surface area contributed by atoms with Crippen LogP contribution >= 0.6 is 15.9 Å². The summed E-state index contributed by atoms with van der Waals surface area (Å²) in [5, 5.41) is 0. The lowest BCUT2D eigenvalue weighted by Crippen LogP contribution is -2.18. The van der Waals surface area contributed by atoms with Crippen molar-refractivity contribution in [3.8, 4) is 11.4 Å². The van der Waals surface area contributed by atoms with E-state index < -0.39 is 0 Å². The number of rotatable bonds is 1. The van der Waals surface area contributed by atoms with Crippen LogP contribution in [0.15, 0.2) is 21.4 Å². The van der Waals surface area contributed by atoms with Crippen LogP contribution in [0.3, 0.4) is 0 Å². The topological polar surface area (TPSA) is 45.8 Å². The van der Waals surface area contributed by atoms with E-state index in [9.17, 15) is 4.79 Å². The van der Waals surface area contributed by atoms with Crippen LogP contribution in [0.4, 0.5) is 0 Å². The first-order valence-electron chi connectivity index (χ1n) is 7.45. The third-order valence-electron chi connectivity index (χ3n) is 4.15. The molecule has 3 rings (SSSR count). The smallest absolute Gasteiger partial charge is 0.254 e. The Balaban J connectivity index is 2.14. The third kappa shape index (κ3) is 2.82. The lowest BCUT2D eigenvalue weighted by molar-refractivity contribution is 0.708. The minimum absolute atomic E-state index is 0.0372. The summed E-state index contributed by atoms with van der Waals surface area (Å²) in [5.74, 6) is 0.694. The quantitative estimate of drug-likeness (QED) is 0.790. The molecule has 0 aliphatic heterocycles. The summed E-state index contributed by atoms with van der Waals surface area (Å²) in [7, 11) is 0. The molecule has 1 N–H and O–H groups in total. The maximum atomic E-state index is 12.3. The second-order valence-corrected chi connectivity index (χ2v) is 6.62. The molecule has 4 heteroatoms. The van der Waals surface area contributed by atoms with Crippen molar-refractivity contribution in [3.05, 3.63) is 49.3 Å². The van der Waals surface area contributed by atoms with Crippen LogP contribution in [0.2, 0.25) is 0 Å². The molecule has 21 heavy (non-hydrogen) atoms. The van der Waals surface area contributed by atoms with Gasteiger partial charge in [-0.2, -0.15) is 0 Å². The molecular weight excluding hydrogens is 328 g/mol. The number of nitrogens with zero attached hydrogens (tertiary/aromatic N) is 1. The molecule has 0 bridgehead atoms.